The molecule has 2 aliphatic heterocycles. The number of rotatable bonds is 1. The van der Waals surface area contributed by atoms with Crippen LogP contribution in [-0.2, 0) is 27.8 Å². The van der Waals surface area contributed by atoms with E-state index in [4.69, 9.17) is 21.1 Å². The summed E-state index contributed by atoms with van der Waals surface area (Å²) < 4.78 is 40.4. The summed E-state index contributed by atoms with van der Waals surface area (Å²) in [6, 6.07) is 10.9. The van der Waals surface area contributed by atoms with Gasteiger partial charge in [-0.3, -0.25) is 4.79 Å². The average molecular weight is 603 g/mol. The Morgan fingerprint density at radius 1 is 1.12 bits per heavy atom. The predicted octanol–water partition coefficient (Wildman–Crippen LogP) is 4.87. The van der Waals surface area contributed by atoms with E-state index in [1.165, 1.54) is 14.0 Å². The lowest BCUT2D eigenvalue weighted by Crippen LogP contribution is -2.44. The molecule has 3 aliphatic rings. The van der Waals surface area contributed by atoms with Gasteiger partial charge in [0.15, 0.2) is 0 Å². The molecule has 2 N–H and O–H groups in total. The molecule has 0 unspecified atom stereocenters. The van der Waals surface area contributed by atoms with Crippen molar-refractivity contribution in [3.63, 3.8) is 0 Å². The average Bonchev–Trinajstić information content (AvgIpc) is 2.95. The van der Waals surface area contributed by atoms with Crippen LogP contribution in [0.25, 0.3) is 0 Å². The summed E-state index contributed by atoms with van der Waals surface area (Å²) in [5.74, 6) is 0.300. The molecule has 5 rings (SSSR count). The Kier molecular flexibility index (Phi) is 9.28. The normalized spacial score (nSPS) is 29.4. The van der Waals surface area contributed by atoms with Crippen molar-refractivity contribution in [2.24, 2.45) is 11.8 Å². The summed E-state index contributed by atoms with van der Waals surface area (Å²) in [4.78, 5) is 15.5. The summed E-state index contributed by atoms with van der Waals surface area (Å²) in [5.41, 5.74) is 3.21. The first-order valence-corrected chi connectivity index (χ1v) is 16.3. The van der Waals surface area contributed by atoms with E-state index < -0.39 is 33.4 Å². The van der Waals surface area contributed by atoms with Gasteiger partial charge in [-0.15, -0.1) is 0 Å². The number of aliphatic hydroxyl groups is 1. The smallest absolute Gasteiger partial charge is 0.264 e. The lowest BCUT2D eigenvalue weighted by molar-refractivity contribution is 0.0457. The van der Waals surface area contributed by atoms with Crippen LogP contribution in [0.3, 0.4) is 0 Å². The zero-order valence-corrected chi connectivity index (χ0v) is 25.2. The Morgan fingerprint density at radius 2 is 1.95 bits per heavy atom. The molecule has 10 heteroatoms. The van der Waals surface area contributed by atoms with Crippen LogP contribution in [-0.4, -0.2) is 57.1 Å². The molecule has 1 saturated carbocycles. The minimum absolute atomic E-state index is 0.0988. The molecule has 5 atom stereocenters. The Hall–Kier alpha value is -2.59. The number of nitrogens with one attached hydrogen (secondary N) is 1. The van der Waals surface area contributed by atoms with Crippen LogP contribution in [0.2, 0.25) is 5.02 Å². The fraction of sp³-hybridized carbons (Fsp3) is 0.516. The number of hydrogen-bond acceptors (Lipinski definition) is 7. The number of carbonyl (C=O) groups is 1. The number of fused-ring (bicyclic) bond motifs is 3. The van der Waals surface area contributed by atoms with Gasteiger partial charge in [-0.2, -0.15) is 0 Å². The van der Waals surface area contributed by atoms with E-state index in [9.17, 15) is 18.3 Å². The third-order valence-electron chi connectivity index (χ3n) is 8.86. The molecule has 2 bridgehead atoms. The number of nitrogens with zero attached hydrogens (tertiary/aromatic N) is 1. The Morgan fingerprint density at radius 3 is 2.71 bits per heavy atom. The zero-order valence-electron chi connectivity index (χ0n) is 23.6. The summed E-state index contributed by atoms with van der Waals surface area (Å²) >= 11 is 6.29. The largest absolute Gasteiger partial charge is 0.487 e. The fourth-order valence-corrected chi connectivity index (χ4v) is 7.47. The van der Waals surface area contributed by atoms with Crippen LogP contribution < -0.4 is 14.4 Å². The highest BCUT2D eigenvalue weighted by molar-refractivity contribution is 7.90. The summed E-state index contributed by atoms with van der Waals surface area (Å²) in [6.07, 6.45) is 7.21. The van der Waals surface area contributed by atoms with Crippen molar-refractivity contribution in [2.45, 2.75) is 69.5 Å². The highest BCUT2D eigenvalue weighted by Crippen LogP contribution is 2.41. The van der Waals surface area contributed by atoms with E-state index in [-0.39, 0.29) is 17.4 Å². The van der Waals surface area contributed by atoms with Crippen LogP contribution in [0.1, 0.15) is 60.5 Å². The Bertz CT molecular complexity index is 1400. The maximum atomic E-state index is 13.3. The lowest BCUT2D eigenvalue weighted by Gasteiger charge is -2.42. The summed E-state index contributed by atoms with van der Waals surface area (Å²) in [5, 5.41) is 10.7. The number of benzene rings is 2. The minimum atomic E-state index is -4.05. The summed E-state index contributed by atoms with van der Waals surface area (Å²) in [7, 11) is -2.60. The standard InChI is InChI=1S/C31H39ClN2O6S/c1-20-29(39-2)8-5-7-28(35)26-13-10-23(26)18-34-15-4-3-6-21-16-25(32)12-9-24(21)19-40-30-14-11-22(17-27(30)34)31(36)33-41(20,37)38/h5,7,9,11-12,14,16-17,20,23,26,28-29,35H,3-4,6,8,10,13,15,18-19H2,1-2H3,(H,33,36)/b7-5+/t20-,23-,26+,28-,29+/m0/s1. The van der Waals surface area contributed by atoms with Crippen molar-refractivity contribution in [3.05, 3.63) is 70.3 Å². The van der Waals surface area contributed by atoms with E-state index in [2.05, 4.69) is 9.62 Å². The lowest BCUT2D eigenvalue weighted by atomic mass is 9.70. The molecule has 0 saturated heterocycles. The highest BCUT2D eigenvalue weighted by Gasteiger charge is 2.37. The van der Waals surface area contributed by atoms with Crippen LogP contribution in [0, 0.1) is 11.8 Å². The maximum Gasteiger partial charge on any atom is 0.264 e. The van der Waals surface area contributed by atoms with Crippen molar-refractivity contribution in [3.8, 4) is 5.75 Å². The van der Waals surface area contributed by atoms with Crippen molar-refractivity contribution >= 4 is 33.2 Å². The fourth-order valence-electron chi connectivity index (χ4n) is 6.09. The number of ether oxygens (including phenoxy) is 2. The van der Waals surface area contributed by atoms with Gasteiger partial charge in [-0.1, -0.05) is 29.8 Å². The molecule has 2 heterocycles. The van der Waals surface area contributed by atoms with Gasteiger partial charge < -0.3 is 19.5 Å². The number of methoxy groups -OCH3 is 1. The van der Waals surface area contributed by atoms with Crippen LogP contribution >= 0.6 is 11.6 Å². The van der Waals surface area contributed by atoms with E-state index >= 15 is 0 Å². The molecule has 8 nitrogen and oxygen atoms in total. The van der Waals surface area contributed by atoms with Crippen molar-refractivity contribution in [2.75, 3.05) is 25.1 Å². The predicted molar refractivity (Wildman–Crippen MR) is 160 cm³/mol. The van der Waals surface area contributed by atoms with Gasteiger partial charge in [0.2, 0.25) is 10.0 Å². The SMILES string of the molecule is CO[C@@H]1C/C=C/[C@H](O)[C@@H]2CC[C@H]2CN2CCCCc3cc(Cl)ccc3COc3ccc(cc32)C(=O)NS(=O)(=O)[C@H]1C. The van der Waals surface area contributed by atoms with Crippen LogP contribution in [0.4, 0.5) is 5.69 Å². The number of anilines is 1. The minimum Gasteiger partial charge on any atom is -0.487 e. The van der Waals surface area contributed by atoms with Gasteiger partial charge >= 0.3 is 0 Å². The molecule has 0 radical (unpaired) electrons. The summed E-state index contributed by atoms with van der Waals surface area (Å²) in [6.45, 7) is 3.30. The van der Waals surface area contributed by atoms with Crippen molar-refractivity contribution in [1.29, 1.82) is 0 Å². The van der Waals surface area contributed by atoms with Gasteiger partial charge in [0.05, 0.1) is 17.9 Å². The molecule has 1 amide bonds. The topological polar surface area (TPSA) is 105 Å². The van der Waals surface area contributed by atoms with E-state index in [1.54, 1.807) is 30.4 Å². The zero-order chi connectivity index (χ0) is 29.1. The van der Waals surface area contributed by atoms with E-state index in [0.717, 1.165) is 55.5 Å². The molecule has 0 spiro atoms. The van der Waals surface area contributed by atoms with Crippen LogP contribution in [0.15, 0.2) is 48.6 Å². The van der Waals surface area contributed by atoms with Gasteiger partial charge in [0.1, 0.15) is 17.6 Å². The van der Waals surface area contributed by atoms with Gasteiger partial charge in [-0.25, -0.2) is 13.1 Å². The molecule has 0 aromatic heterocycles. The Balaban J connectivity index is 1.54. The number of carbonyl (C=O) groups excluding carboxylic acids is 1. The second-order valence-electron chi connectivity index (χ2n) is 11.4. The molecule has 2 aromatic rings. The second-order valence-corrected chi connectivity index (χ2v) is 13.9. The molecule has 1 aliphatic carbocycles. The van der Waals surface area contributed by atoms with E-state index in [1.807, 2.05) is 18.2 Å². The van der Waals surface area contributed by atoms with Crippen LogP contribution in [0.5, 0.6) is 5.75 Å². The van der Waals surface area contributed by atoms with Gasteiger partial charge in [0.25, 0.3) is 5.91 Å². The van der Waals surface area contributed by atoms with Crippen molar-refractivity contribution < 1.29 is 27.8 Å². The van der Waals surface area contributed by atoms with E-state index in [0.29, 0.717) is 30.3 Å². The first-order chi connectivity index (χ1) is 19.7. The molecule has 2 aromatic carbocycles. The number of amides is 1. The molecule has 222 valence electrons. The van der Waals surface area contributed by atoms with Gasteiger partial charge in [-0.05, 0) is 98.7 Å². The first kappa shape index (κ1) is 29.9. The van der Waals surface area contributed by atoms with Crippen molar-refractivity contribution in [1.82, 2.24) is 4.72 Å². The number of halogens is 1. The molecular weight excluding hydrogens is 564 g/mol. The third-order valence-corrected chi connectivity index (χ3v) is 10.8. The highest BCUT2D eigenvalue weighted by atomic mass is 35.5. The Labute approximate surface area is 247 Å². The molecule has 1 fully saturated rings. The first-order valence-electron chi connectivity index (χ1n) is 14.4. The molecular formula is C31H39ClN2O6S. The monoisotopic (exact) mass is 602 g/mol. The number of sulfonamides is 1. The number of aryl methyl sites for hydroxylation is 1. The number of aliphatic hydroxyl groups excluding tert-OH is 1. The third kappa shape index (κ3) is 6.74. The van der Waals surface area contributed by atoms with Gasteiger partial charge in [0, 0.05) is 30.8 Å². The second kappa shape index (κ2) is 12.7. The molecule has 41 heavy (non-hydrogen) atoms. The number of hydrogen-bond donors (Lipinski definition) is 2. The quantitative estimate of drug-likeness (QED) is 0.449. The maximum absolute atomic E-state index is 13.3.